The van der Waals surface area contributed by atoms with Crippen molar-refractivity contribution >= 4 is 5.91 Å². The number of carbonyl (C=O) groups is 1. The Morgan fingerprint density at radius 1 is 1.42 bits per heavy atom. The van der Waals surface area contributed by atoms with E-state index in [1.165, 1.54) is 0 Å². The van der Waals surface area contributed by atoms with Gasteiger partial charge in [-0.05, 0) is 12.1 Å². The molecule has 1 rings (SSSR count). The van der Waals surface area contributed by atoms with Gasteiger partial charge >= 0.3 is 51.4 Å². The monoisotopic (exact) mass is 191 g/mol. The maximum Gasteiger partial charge on any atom is 1.00 e. The molecule has 0 unspecified atom stereocenters. The second kappa shape index (κ2) is 6.62. The topological polar surface area (TPSA) is 52.3 Å². The van der Waals surface area contributed by atoms with Crippen molar-refractivity contribution in [1.82, 2.24) is 0 Å². The second-order valence-electron chi connectivity index (χ2n) is 2.07. The van der Waals surface area contributed by atoms with Crippen LogP contribution < -0.4 is 61.9 Å². The molecule has 60 valence electrons. The van der Waals surface area contributed by atoms with E-state index in [2.05, 4.69) is 0 Å². The fourth-order valence-electron chi connectivity index (χ4n) is 0.671. The molecule has 1 aromatic carbocycles. The molecule has 4 heteroatoms. The first-order chi connectivity index (χ1) is 5.29. The summed E-state index contributed by atoms with van der Waals surface area (Å²) >= 11 is 0. The van der Waals surface area contributed by atoms with Gasteiger partial charge in [0, 0.05) is 0 Å². The Labute approximate surface area is 115 Å². The zero-order valence-corrected chi connectivity index (χ0v) is 10.1. The van der Waals surface area contributed by atoms with E-state index in [4.69, 9.17) is 10.5 Å². The number of ether oxygens (including phenoxy) is 1. The van der Waals surface area contributed by atoms with E-state index >= 15 is 0 Å². The van der Waals surface area contributed by atoms with Crippen molar-refractivity contribution < 1.29 is 62.3 Å². The van der Waals surface area contributed by atoms with Gasteiger partial charge in [0.1, 0.15) is 5.75 Å². The maximum atomic E-state index is 10.3. The third kappa shape index (κ3) is 4.90. The largest absolute Gasteiger partial charge is 1.00 e. The normalized spacial score (nSPS) is 8.33. The van der Waals surface area contributed by atoms with Crippen LogP contribution in [0.5, 0.6) is 5.75 Å². The molecule has 1 aromatic rings. The molecule has 3 nitrogen and oxygen atoms in total. The average molecular weight is 191 g/mol. The third-order valence-corrected chi connectivity index (χ3v) is 1.12. The van der Waals surface area contributed by atoms with Crippen molar-refractivity contribution in [3.05, 3.63) is 30.3 Å². The molecule has 0 aliphatic rings. The summed E-state index contributed by atoms with van der Waals surface area (Å²) in [4.78, 5) is 10.3. The number of primary amides is 1. The zero-order chi connectivity index (χ0) is 8.10. The standard InChI is InChI=1S/C8H9NO2.K.H/c9-8(10)6-11-7-4-2-1-3-5-7;;/h1-5H,6H2,(H2,9,10);;/q;+1;-1. The molecule has 0 saturated heterocycles. The predicted octanol–water partition coefficient (Wildman–Crippen LogP) is -2.33. The van der Waals surface area contributed by atoms with E-state index in [1.807, 2.05) is 18.2 Å². The molecule has 0 spiro atoms. The van der Waals surface area contributed by atoms with Crippen molar-refractivity contribution in [3.8, 4) is 5.75 Å². The summed E-state index contributed by atoms with van der Waals surface area (Å²) < 4.78 is 4.99. The minimum Gasteiger partial charge on any atom is -1.00 e. The minimum absolute atomic E-state index is 0. The molecule has 0 saturated carbocycles. The van der Waals surface area contributed by atoms with Crippen LogP contribution in [0.25, 0.3) is 0 Å². The Hall–Kier alpha value is 0.126. The van der Waals surface area contributed by atoms with Crippen LogP contribution in [0.2, 0.25) is 0 Å². The molecule has 0 atom stereocenters. The maximum absolute atomic E-state index is 10.3. The van der Waals surface area contributed by atoms with Gasteiger partial charge in [0.2, 0.25) is 0 Å². The number of benzene rings is 1. The molecule has 0 aromatic heterocycles. The first kappa shape index (κ1) is 12.1. The Morgan fingerprint density at radius 2 is 2.00 bits per heavy atom. The fourth-order valence-corrected chi connectivity index (χ4v) is 0.671. The molecule has 0 aliphatic carbocycles. The SMILES string of the molecule is NC(=O)COc1ccccc1.[H-].[K+]. The Bertz CT molecular complexity index is 243. The summed E-state index contributed by atoms with van der Waals surface area (Å²) in [5.74, 6) is 0.195. The molecule has 0 radical (unpaired) electrons. The summed E-state index contributed by atoms with van der Waals surface area (Å²) in [5, 5.41) is 0. The summed E-state index contributed by atoms with van der Waals surface area (Å²) in [6.45, 7) is -0.0655. The number of amides is 1. The first-order valence-electron chi connectivity index (χ1n) is 3.25. The predicted molar refractivity (Wildman–Crippen MR) is 42.2 cm³/mol. The van der Waals surface area contributed by atoms with Crippen molar-refractivity contribution in [3.63, 3.8) is 0 Å². The molecule has 12 heavy (non-hydrogen) atoms. The molecular weight excluding hydrogens is 181 g/mol. The van der Waals surface area contributed by atoms with Gasteiger partial charge in [0.05, 0.1) is 0 Å². The van der Waals surface area contributed by atoms with Crippen LogP contribution in [0.3, 0.4) is 0 Å². The Kier molecular flexibility index (Phi) is 6.69. The van der Waals surface area contributed by atoms with Gasteiger partial charge in [-0.15, -0.1) is 0 Å². The molecule has 2 N–H and O–H groups in total. The number of para-hydroxylation sites is 1. The van der Waals surface area contributed by atoms with Gasteiger partial charge in [-0.25, -0.2) is 0 Å². The first-order valence-corrected chi connectivity index (χ1v) is 3.25. The van der Waals surface area contributed by atoms with Crippen LogP contribution in [0.1, 0.15) is 1.43 Å². The van der Waals surface area contributed by atoms with Crippen LogP contribution in [0, 0.1) is 0 Å². The van der Waals surface area contributed by atoms with Crippen molar-refractivity contribution in [1.29, 1.82) is 0 Å². The summed E-state index contributed by atoms with van der Waals surface area (Å²) in [7, 11) is 0. The fraction of sp³-hybridized carbons (Fsp3) is 0.125. The van der Waals surface area contributed by atoms with Gasteiger partial charge in [0.15, 0.2) is 6.61 Å². The molecular formula is C8H10KNO2. The van der Waals surface area contributed by atoms with Gasteiger partial charge < -0.3 is 11.9 Å². The summed E-state index contributed by atoms with van der Waals surface area (Å²) in [5.41, 5.74) is 4.88. The number of hydrogen-bond donors (Lipinski definition) is 1. The van der Waals surface area contributed by atoms with Gasteiger partial charge in [0.25, 0.3) is 5.91 Å². The van der Waals surface area contributed by atoms with E-state index in [9.17, 15) is 4.79 Å². The van der Waals surface area contributed by atoms with Crippen LogP contribution in [-0.2, 0) is 4.79 Å². The van der Waals surface area contributed by atoms with Crippen LogP contribution in [0.4, 0.5) is 0 Å². The van der Waals surface area contributed by atoms with Gasteiger partial charge in [-0.3, -0.25) is 4.79 Å². The van der Waals surface area contributed by atoms with Gasteiger partial charge in [-0.2, -0.15) is 0 Å². The van der Waals surface area contributed by atoms with E-state index < -0.39 is 5.91 Å². The van der Waals surface area contributed by atoms with Gasteiger partial charge in [-0.1, -0.05) is 18.2 Å². The minimum atomic E-state index is -0.464. The summed E-state index contributed by atoms with van der Waals surface area (Å²) in [6.07, 6.45) is 0. The smallest absolute Gasteiger partial charge is 1.00 e. The van der Waals surface area contributed by atoms with Crippen LogP contribution in [0.15, 0.2) is 30.3 Å². The van der Waals surface area contributed by atoms with Crippen molar-refractivity contribution in [2.75, 3.05) is 6.61 Å². The zero-order valence-electron chi connectivity index (χ0n) is 7.99. The van der Waals surface area contributed by atoms with E-state index in [0.717, 1.165) is 0 Å². The quantitative estimate of drug-likeness (QED) is 0.545. The Balaban J connectivity index is 0. The van der Waals surface area contributed by atoms with E-state index in [0.29, 0.717) is 5.75 Å². The number of hydrogen-bond acceptors (Lipinski definition) is 2. The van der Waals surface area contributed by atoms with Crippen molar-refractivity contribution in [2.45, 2.75) is 0 Å². The molecule has 0 aliphatic heterocycles. The number of nitrogens with two attached hydrogens (primary N) is 1. The average Bonchev–Trinajstić information content (AvgIpc) is 2.03. The van der Waals surface area contributed by atoms with Crippen LogP contribution in [-0.4, -0.2) is 12.5 Å². The molecule has 0 bridgehead atoms. The number of rotatable bonds is 3. The van der Waals surface area contributed by atoms with E-state index in [1.54, 1.807) is 12.1 Å². The molecule has 1 amide bonds. The number of carbonyl (C=O) groups excluding carboxylic acids is 1. The van der Waals surface area contributed by atoms with Crippen LogP contribution >= 0.6 is 0 Å². The molecule has 0 fully saturated rings. The van der Waals surface area contributed by atoms with E-state index in [-0.39, 0.29) is 59.4 Å². The summed E-state index contributed by atoms with van der Waals surface area (Å²) in [6, 6.07) is 9.07. The second-order valence-corrected chi connectivity index (χ2v) is 2.07. The third-order valence-electron chi connectivity index (χ3n) is 1.12. The Morgan fingerprint density at radius 3 is 2.50 bits per heavy atom. The molecule has 0 heterocycles. The van der Waals surface area contributed by atoms with Crippen molar-refractivity contribution in [2.24, 2.45) is 5.73 Å².